The number of halogens is 1. The summed E-state index contributed by atoms with van der Waals surface area (Å²) < 4.78 is 7.09. The van der Waals surface area contributed by atoms with Crippen LogP contribution in [0.4, 0.5) is 0 Å². The molecule has 1 aliphatic heterocycles. The van der Waals surface area contributed by atoms with Crippen LogP contribution in [0.25, 0.3) is 5.69 Å². The van der Waals surface area contributed by atoms with Crippen LogP contribution in [0, 0.1) is 6.92 Å². The Hall–Kier alpha value is -2.38. The maximum Gasteiger partial charge on any atom is 0.306 e. The number of nitrogens with zero attached hydrogens (tertiary/aromatic N) is 3. The Bertz CT molecular complexity index is 788. The van der Waals surface area contributed by atoms with Gasteiger partial charge in [0, 0.05) is 18.1 Å². The number of morpholine rings is 1. The summed E-state index contributed by atoms with van der Waals surface area (Å²) >= 11 is 5.90. The molecule has 0 aliphatic carbocycles. The van der Waals surface area contributed by atoms with Crippen molar-refractivity contribution in [3.8, 4) is 5.69 Å². The number of carboxylic acid groups (broad SMARTS) is 1. The largest absolute Gasteiger partial charge is 0.481 e. The van der Waals surface area contributed by atoms with Crippen molar-refractivity contribution in [1.29, 1.82) is 0 Å². The van der Waals surface area contributed by atoms with E-state index in [0.717, 1.165) is 5.69 Å². The maximum absolute atomic E-state index is 12.8. The summed E-state index contributed by atoms with van der Waals surface area (Å²) in [7, 11) is 0. The number of hydrogen-bond donors (Lipinski definition) is 1. The smallest absolute Gasteiger partial charge is 0.306 e. The van der Waals surface area contributed by atoms with Crippen molar-refractivity contribution in [2.45, 2.75) is 19.4 Å². The molecule has 1 fully saturated rings. The number of benzene rings is 1. The normalized spacial score (nSPS) is 17.5. The zero-order chi connectivity index (χ0) is 18.0. The van der Waals surface area contributed by atoms with Crippen LogP contribution in [0.15, 0.2) is 30.5 Å². The maximum atomic E-state index is 12.8. The highest BCUT2D eigenvalue weighted by molar-refractivity contribution is 6.30. The molecule has 0 saturated carbocycles. The monoisotopic (exact) mass is 363 g/mol. The molecule has 1 unspecified atom stereocenters. The van der Waals surface area contributed by atoms with E-state index >= 15 is 0 Å². The Labute approximate surface area is 149 Å². The predicted octanol–water partition coefficient (Wildman–Crippen LogP) is 2.15. The van der Waals surface area contributed by atoms with Gasteiger partial charge in [0.2, 0.25) is 0 Å². The summed E-state index contributed by atoms with van der Waals surface area (Å²) in [5.74, 6) is -1.11. The second-order valence-corrected chi connectivity index (χ2v) is 6.31. The van der Waals surface area contributed by atoms with E-state index in [9.17, 15) is 9.59 Å². The first-order valence-corrected chi connectivity index (χ1v) is 8.26. The number of ether oxygens (including phenoxy) is 1. The van der Waals surface area contributed by atoms with Crippen molar-refractivity contribution in [2.75, 3.05) is 19.7 Å². The van der Waals surface area contributed by atoms with Gasteiger partial charge in [-0.15, -0.1) is 0 Å². The van der Waals surface area contributed by atoms with Gasteiger partial charge in [-0.05, 0) is 31.2 Å². The van der Waals surface area contributed by atoms with Gasteiger partial charge in [0.15, 0.2) is 0 Å². The molecule has 1 saturated heterocycles. The molecule has 1 aromatic heterocycles. The summed E-state index contributed by atoms with van der Waals surface area (Å²) in [5, 5.41) is 13.8. The molecule has 3 rings (SSSR count). The Morgan fingerprint density at radius 3 is 2.76 bits per heavy atom. The topological polar surface area (TPSA) is 84.7 Å². The minimum Gasteiger partial charge on any atom is -0.481 e. The molecule has 2 aromatic rings. The summed E-state index contributed by atoms with van der Waals surface area (Å²) in [5.41, 5.74) is 2.02. The molecule has 25 heavy (non-hydrogen) atoms. The highest BCUT2D eigenvalue weighted by atomic mass is 35.5. The highest BCUT2D eigenvalue weighted by Gasteiger charge is 2.28. The molecule has 2 heterocycles. The average molecular weight is 364 g/mol. The number of rotatable bonds is 4. The van der Waals surface area contributed by atoms with Gasteiger partial charge in [-0.3, -0.25) is 9.59 Å². The number of aromatic nitrogens is 2. The molecule has 0 bridgehead atoms. The zero-order valence-electron chi connectivity index (χ0n) is 13.7. The molecule has 0 spiro atoms. The van der Waals surface area contributed by atoms with Gasteiger partial charge in [0.1, 0.15) is 0 Å². The molecule has 1 N–H and O–H groups in total. The lowest BCUT2D eigenvalue weighted by atomic mass is 10.1. The number of amides is 1. The molecule has 1 amide bonds. The van der Waals surface area contributed by atoms with Crippen molar-refractivity contribution in [1.82, 2.24) is 14.7 Å². The average Bonchev–Trinajstić information content (AvgIpc) is 2.96. The Kier molecular flexibility index (Phi) is 5.06. The Balaban J connectivity index is 1.79. The van der Waals surface area contributed by atoms with Crippen LogP contribution in [-0.4, -0.2) is 57.5 Å². The molecule has 8 heteroatoms. The third-order valence-electron chi connectivity index (χ3n) is 4.14. The molecule has 1 atom stereocenters. The fraction of sp³-hybridized carbons (Fsp3) is 0.353. The van der Waals surface area contributed by atoms with E-state index < -0.39 is 12.1 Å². The molecule has 1 aliphatic rings. The van der Waals surface area contributed by atoms with Crippen LogP contribution in [0.5, 0.6) is 0 Å². The van der Waals surface area contributed by atoms with Gasteiger partial charge >= 0.3 is 5.97 Å². The standard InChI is InChI=1S/C17H18ClN3O4/c1-11-15(9-19-21(11)13-4-2-12(18)3-5-13)17(24)20-6-7-25-14(10-20)8-16(22)23/h2-5,9,14H,6-8,10H2,1H3,(H,22,23). The SMILES string of the molecule is Cc1c(C(=O)N2CCOC(CC(=O)O)C2)cnn1-c1ccc(Cl)cc1. The van der Waals surface area contributed by atoms with Gasteiger partial charge in [0.05, 0.1) is 42.3 Å². The van der Waals surface area contributed by atoms with Crippen LogP contribution in [0.1, 0.15) is 22.5 Å². The zero-order valence-corrected chi connectivity index (χ0v) is 14.4. The minimum atomic E-state index is -0.939. The van der Waals surface area contributed by atoms with Crippen LogP contribution >= 0.6 is 11.6 Å². The van der Waals surface area contributed by atoms with Crippen molar-refractivity contribution in [3.05, 3.63) is 46.7 Å². The van der Waals surface area contributed by atoms with Crippen LogP contribution in [0.3, 0.4) is 0 Å². The first kappa shape index (κ1) is 17.4. The van der Waals surface area contributed by atoms with Gasteiger partial charge in [-0.2, -0.15) is 5.10 Å². The fourth-order valence-corrected chi connectivity index (χ4v) is 2.98. The lowest BCUT2D eigenvalue weighted by Crippen LogP contribution is -2.46. The number of carboxylic acids is 1. The van der Waals surface area contributed by atoms with Crippen molar-refractivity contribution >= 4 is 23.5 Å². The van der Waals surface area contributed by atoms with Gasteiger partial charge in [-0.25, -0.2) is 4.68 Å². The lowest BCUT2D eigenvalue weighted by Gasteiger charge is -2.32. The number of hydrogen-bond acceptors (Lipinski definition) is 4. The molecule has 132 valence electrons. The summed E-state index contributed by atoms with van der Waals surface area (Å²) in [4.78, 5) is 25.3. The first-order valence-electron chi connectivity index (χ1n) is 7.89. The molecule has 0 radical (unpaired) electrons. The van der Waals surface area contributed by atoms with E-state index in [1.807, 2.05) is 19.1 Å². The van der Waals surface area contributed by atoms with E-state index in [-0.39, 0.29) is 18.9 Å². The van der Waals surface area contributed by atoms with Crippen LogP contribution < -0.4 is 0 Å². The van der Waals surface area contributed by atoms with Gasteiger partial charge in [-0.1, -0.05) is 11.6 Å². The van der Waals surface area contributed by atoms with Gasteiger partial charge < -0.3 is 14.7 Å². The summed E-state index contributed by atoms with van der Waals surface area (Å²) in [6.45, 7) is 2.84. The number of aliphatic carboxylic acids is 1. The first-order chi connectivity index (χ1) is 12.0. The molecular weight excluding hydrogens is 346 g/mol. The van der Waals surface area contributed by atoms with E-state index in [1.54, 1.807) is 21.7 Å². The van der Waals surface area contributed by atoms with Crippen molar-refractivity contribution < 1.29 is 19.4 Å². The fourth-order valence-electron chi connectivity index (χ4n) is 2.85. The minimum absolute atomic E-state index is 0.118. The number of carbonyl (C=O) groups is 2. The Morgan fingerprint density at radius 2 is 2.08 bits per heavy atom. The Morgan fingerprint density at radius 1 is 1.36 bits per heavy atom. The lowest BCUT2D eigenvalue weighted by molar-refractivity contribution is -0.141. The summed E-state index contributed by atoms with van der Waals surface area (Å²) in [6.07, 6.45) is 0.933. The molecular formula is C17H18ClN3O4. The van der Waals surface area contributed by atoms with Crippen LogP contribution in [-0.2, 0) is 9.53 Å². The second kappa shape index (κ2) is 7.25. The van der Waals surface area contributed by atoms with E-state index in [0.29, 0.717) is 29.4 Å². The van der Waals surface area contributed by atoms with E-state index in [1.165, 1.54) is 6.20 Å². The number of carbonyl (C=O) groups excluding carboxylic acids is 1. The van der Waals surface area contributed by atoms with Gasteiger partial charge in [0.25, 0.3) is 5.91 Å². The van der Waals surface area contributed by atoms with Crippen molar-refractivity contribution in [2.24, 2.45) is 0 Å². The predicted molar refractivity (Wildman–Crippen MR) is 91.2 cm³/mol. The van der Waals surface area contributed by atoms with Crippen LogP contribution in [0.2, 0.25) is 5.02 Å². The quantitative estimate of drug-likeness (QED) is 0.899. The third-order valence-corrected chi connectivity index (χ3v) is 4.39. The summed E-state index contributed by atoms with van der Waals surface area (Å²) in [6, 6.07) is 7.18. The molecule has 1 aromatic carbocycles. The van der Waals surface area contributed by atoms with Crippen molar-refractivity contribution in [3.63, 3.8) is 0 Å². The van der Waals surface area contributed by atoms with E-state index in [4.69, 9.17) is 21.4 Å². The van der Waals surface area contributed by atoms with E-state index in [2.05, 4.69) is 5.10 Å². The second-order valence-electron chi connectivity index (χ2n) is 5.87. The highest BCUT2D eigenvalue weighted by Crippen LogP contribution is 2.19. The molecule has 7 nitrogen and oxygen atoms in total. The third kappa shape index (κ3) is 3.83.